The zero-order chi connectivity index (χ0) is 24.6. The predicted molar refractivity (Wildman–Crippen MR) is 139 cm³/mol. The Kier molecular flexibility index (Phi) is 6.58. The van der Waals surface area contributed by atoms with E-state index in [0.29, 0.717) is 11.5 Å². The molecule has 0 atom stereocenters. The van der Waals surface area contributed by atoms with Gasteiger partial charge in [0.05, 0.1) is 14.9 Å². The van der Waals surface area contributed by atoms with Gasteiger partial charge < -0.3 is 15.8 Å². The Labute approximate surface area is 215 Å². The van der Waals surface area contributed by atoms with Gasteiger partial charge in [-0.15, -0.1) is 11.3 Å². The van der Waals surface area contributed by atoms with E-state index in [1.807, 2.05) is 12.1 Å². The molecule has 0 saturated carbocycles. The number of ether oxygens (including phenoxy) is 1. The van der Waals surface area contributed by atoms with Crippen LogP contribution in [0.25, 0.3) is 20.7 Å². The zero-order valence-corrected chi connectivity index (χ0v) is 21.6. The van der Waals surface area contributed by atoms with Crippen LogP contribution in [0, 0.1) is 0 Å². The van der Waals surface area contributed by atoms with Crippen molar-refractivity contribution in [3.63, 3.8) is 0 Å². The number of aromatic nitrogens is 2. The molecular weight excluding hydrogens is 532 g/mol. The number of carbonyl (C=O) groups is 2. The lowest BCUT2D eigenvalue weighted by molar-refractivity contribution is -0.127. The first-order valence-electron chi connectivity index (χ1n) is 11.4. The number of rotatable bonds is 8. The molecule has 0 spiro atoms. The second kappa shape index (κ2) is 9.65. The summed E-state index contributed by atoms with van der Waals surface area (Å²) in [4.78, 5) is 35.0. The van der Waals surface area contributed by atoms with Crippen molar-refractivity contribution in [3.05, 3.63) is 52.7 Å². The first kappa shape index (κ1) is 23.9. The number of hydrogen-bond acceptors (Lipinski definition) is 9. The molecule has 3 N–H and O–H groups in total. The number of carbonyl (C=O) groups excluding carboxylic acids is 2. The predicted octanol–water partition coefficient (Wildman–Crippen LogP) is 3.11. The third-order valence-electron chi connectivity index (χ3n) is 5.96. The molecule has 3 aromatic rings. The molecule has 1 amide bonds. The van der Waals surface area contributed by atoms with Crippen LogP contribution in [0.5, 0.6) is 0 Å². The highest BCUT2D eigenvalue weighted by atomic mass is 79.9. The summed E-state index contributed by atoms with van der Waals surface area (Å²) in [5.74, 6) is -0.658. The SMILES string of the molecule is CCCN(c1ncc(Br)c(-c2cc3c(C(=O)OC4(C(N)=O)C=C4)cccc3s2)n1)N1CCNCC1. The molecule has 3 heterocycles. The van der Waals surface area contributed by atoms with Crippen molar-refractivity contribution in [1.29, 1.82) is 0 Å². The second-order valence-electron chi connectivity index (χ2n) is 8.40. The average molecular weight is 557 g/mol. The van der Waals surface area contributed by atoms with Gasteiger partial charge in [-0.1, -0.05) is 13.0 Å². The number of benzene rings is 1. The third-order valence-corrected chi connectivity index (χ3v) is 7.65. The molecule has 2 aromatic heterocycles. The highest BCUT2D eigenvalue weighted by molar-refractivity contribution is 9.10. The molecule has 1 saturated heterocycles. The summed E-state index contributed by atoms with van der Waals surface area (Å²) in [6, 6.07) is 7.36. The summed E-state index contributed by atoms with van der Waals surface area (Å²) in [6.07, 6.45) is 5.70. The van der Waals surface area contributed by atoms with E-state index in [9.17, 15) is 9.59 Å². The van der Waals surface area contributed by atoms with Crippen molar-refractivity contribution in [2.75, 3.05) is 37.7 Å². The highest BCUT2D eigenvalue weighted by Gasteiger charge is 2.45. The number of hydrazine groups is 1. The fraction of sp³-hybridized carbons (Fsp3) is 0.333. The molecule has 1 aromatic carbocycles. The number of hydrogen-bond donors (Lipinski definition) is 2. The first-order chi connectivity index (χ1) is 16.9. The standard InChI is InChI=1S/C24H25BrN6O3S/c1-2-10-31(30-11-8-27-9-12-30)23-28-14-17(25)20(29-23)19-13-16-15(4-3-5-18(16)35-19)21(32)34-24(6-7-24)22(26)33/h3-7,13-14,27H,2,8-12H2,1H3,(H2,26,33). The van der Waals surface area contributed by atoms with E-state index in [2.05, 4.69) is 43.2 Å². The van der Waals surface area contributed by atoms with Gasteiger partial charge in [-0.3, -0.25) is 9.80 Å². The van der Waals surface area contributed by atoms with E-state index >= 15 is 0 Å². The number of nitrogens with one attached hydrogen (secondary N) is 1. The zero-order valence-electron chi connectivity index (χ0n) is 19.2. The van der Waals surface area contributed by atoms with Gasteiger partial charge in [0, 0.05) is 49.0 Å². The summed E-state index contributed by atoms with van der Waals surface area (Å²) in [5.41, 5.74) is 5.10. The minimum Gasteiger partial charge on any atom is -0.437 e. The Balaban J connectivity index is 1.49. The lowest BCUT2D eigenvalue weighted by Gasteiger charge is -2.37. The number of thiophene rings is 1. The van der Waals surface area contributed by atoms with Crippen LogP contribution >= 0.6 is 27.3 Å². The fourth-order valence-electron chi connectivity index (χ4n) is 4.05. The van der Waals surface area contributed by atoms with Crippen molar-refractivity contribution < 1.29 is 14.3 Å². The Morgan fingerprint density at radius 2 is 2.09 bits per heavy atom. The van der Waals surface area contributed by atoms with E-state index < -0.39 is 17.5 Å². The van der Waals surface area contributed by atoms with Crippen molar-refractivity contribution >= 4 is 55.2 Å². The van der Waals surface area contributed by atoms with Gasteiger partial charge in [0.2, 0.25) is 11.5 Å². The number of amides is 1. The van der Waals surface area contributed by atoms with Gasteiger partial charge in [0.15, 0.2) is 0 Å². The number of esters is 1. The van der Waals surface area contributed by atoms with Crippen molar-refractivity contribution in [2.45, 2.75) is 18.9 Å². The van der Waals surface area contributed by atoms with Gasteiger partial charge in [0.25, 0.3) is 5.91 Å². The summed E-state index contributed by atoms with van der Waals surface area (Å²) in [7, 11) is 0. The van der Waals surface area contributed by atoms with Gasteiger partial charge in [-0.2, -0.15) is 0 Å². The van der Waals surface area contributed by atoms with Crippen LogP contribution in [-0.4, -0.2) is 65.2 Å². The summed E-state index contributed by atoms with van der Waals surface area (Å²) in [5, 5.41) is 8.55. The molecular formula is C24H25BrN6O3S. The van der Waals surface area contributed by atoms with E-state index in [1.165, 1.54) is 23.5 Å². The van der Waals surface area contributed by atoms with Gasteiger partial charge in [-0.25, -0.2) is 19.8 Å². The largest absolute Gasteiger partial charge is 0.437 e. The topological polar surface area (TPSA) is 114 Å². The number of halogens is 1. The first-order valence-corrected chi connectivity index (χ1v) is 13.0. The van der Waals surface area contributed by atoms with Crippen LogP contribution in [-0.2, 0) is 9.53 Å². The van der Waals surface area contributed by atoms with Gasteiger partial charge >= 0.3 is 5.97 Å². The molecule has 0 bridgehead atoms. The molecule has 0 radical (unpaired) electrons. The number of nitrogens with zero attached hydrogens (tertiary/aromatic N) is 4. The van der Waals surface area contributed by atoms with Gasteiger partial charge in [0.1, 0.15) is 5.69 Å². The van der Waals surface area contributed by atoms with Crippen LogP contribution in [0.15, 0.2) is 47.1 Å². The maximum absolute atomic E-state index is 12.9. The summed E-state index contributed by atoms with van der Waals surface area (Å²) in [6.45, 7) is 6.59. The number of nitrogens with two attached hydrogens (primary N) is 1. The molecule has 9 nitrogen and oxygen atoms in total. The Bertz CT molecular complexity index is 1310. The van der Waals surface area contributed by atoms with Crippen LogP contribution in [0.1, 0.15) is 23.7 Å². The third kappa shape index (κ3) is 4.68. The molecule has 1 aliphatic heterocycles. The summed E-state index contributed by atoms with van der Waals surface area (Å²) >= 11 is 5.14. The Morgan fingerprint density at radius 3 is 2.77 bits per heavy atom. The molecule has 2 aliphatic rings. The van der Waals surface area contributed by atoms with E-state index in [0.717, 1.165) is 64.3 Å². The van der Waals surface area contributed by atoms with Crippen molar-refractivity contribution in [1.82, 2.24) is 20.3 Å². The smallest absolute Gasteiger partial charge is 0.340 e. The molecule has 1 aliphatic carbocycles. The molecule has 0 unspecified atom stereocenters. The molecule has 182 valence electrons. The quantitative estimate of drug-likeness (QED) is 0.321. The molecule has 1 fully saturated rings. The molecule has 35 heavy (non-hydrogen) atoms. The normalized spacial score (nSPS) is 16.9. The van der Waals surface area contributed by atoms with Crippen LogP contribution < -0.4 is 16.1 Å². The lowest BCUT2D eigenvalue weighted by atomic mass is 10.1. The molecule has 5 rings (SSSR count). The Morgan fingerprint density at radius 1 is 1.31 bits per heavy atom. The van der Waals surface area contributed by atoms with Crippen LogP contribution in [0.4, 0.5) is 5.95 Å². The minimum absolute atomic E-state index is 0.373. The maximum Gasteiger partial charge on any atom is 0.340 e. The Hall–Kier alpha value is -2.86. The number of primary amides is 1. The van der Waals surface area contributed by atoms with Crippen molar-refractivity contribution in [2.24, 2.45) is 5.73 Å². The number of fused-ring (bicyclic) bond motifs is 1. The average Bonchev–Trinajstić information content (AvgIpc) is 3.52. The fourth-order valence-corrected chi connectivity index (χ4v) is 5.68. The van der Waals surface area contributed by atoms with E-state index in [-0.39, 0.29) is 0 Å². The van der Waals surface area contributed by atoms with E-state index in [1.54, 1.807) is 18.3 Å². The minimum atomic E-state index is -1.41. The lowest BCUT2D eigenvalue weighted by Crippen LogP contribution is -2.53. The van der Waals surface area contributed by atoms with E-state index in [4.69, 9.17) is 15.5 Å². The number of piperazine rings is 1. The monoisotopic (exact) mass is 556 g/mol. The van der Waals surface area contributed by atoms with Gasteiger partial charge in [-0.05, 0) is 52.7 Å². The number of anilines is 1. The molecule has 11 heteroatoms. The van der Waals surface area contributed by atoms with Crippen LogP contribution in [0.3, 0.4) is 0 Å². The second-order valence-corrected chi connectivity index (χ2v) is 10.3. The van der Waals surface area contributed by atoms with Crippen molar-refractivity contribution in [3.8, 4) is 10.6 Å². The highest BCUT2D eigenvalue weighted by Crippen LogP contribution is 2.39. The maximum atomic E-state index is 12.9. The summed E-state index contributed by atoms with van der Waals surface area (Å²) < 4.78 is 7.09. The van der Waals surface area contributed by atoms with Crippen LogP contribution in [0.2, 0.25) is 0 Å².